The number of nitrogens with one attached hydrogen (secondary N) is 3. The van der Waals surface area contributed by atoms with Crippen LogP contribution in [0.1, 0.15) is 67.2 Å². The number of hydrogen-bond acceptors (Lipinski definition) is 4. The number of carbonyl (C=O) groups is 1. The predicted molar refractivity (Wildman–Crippen MR) is 113 cm³/mol. The van der Waals surface area contributed by atoms with E-state index in [9.17, 15) is 9.00 Å². The Morgan fingerprint density at radius 2 is 1.56 bits per heavy atom. The highest BCUT2D eigenvalue weighted by molar-refractivity contribution is 7.86. The van der Waals surface area contributed by atoms with Crippen molar-refractivity contribution in [2.75, 3.05) is 19.3 Å². The fraction of sp³-hybridized carbons (Fsp3) is 0.895. The first kappa shape index (κ1) is 23.7. The van der Waals surface area contributed by atoms with Crippen LogP contribution < -0.4 is 16.0 Å². The second-order valence-corrected chi connectivity index (χ2v) is 11.3. The lowest BCUT2D eigenvalue weighted by atomic mass is 9.91. The number of alkyl carbamates (subject to hydrolysis) is 1. The van der Waals surface area contributed by atoms with Crippen molar-refractivity contribution < 1.29 is 13.7 Å². The van der Waals surface area contributed by atoms with Gasteiger partial charge in [-0.15, -0.1) is 0 Å². The molecule has 0 bridgehead atoms. The summed E-state index contributed by atoms with van der Waals surface area (Å²) in [5.41, 5.74) is -0.475. The molecule has 1 unspecified atom stereocenters. The summed E-state index contributed by atoms with van der Waals surface area (Å²) in [7, 11) is 0.864. The Morgan fingerprint density at radius 3 is 2.00 bits per heavy atom. The number of rotatable bonds is 5. The molecule has 27 heavy (non-hydrogen) atoms. The highest BCUT2D eigenvalue weighted by Crippen LogP contribution is 2.19. The van der Waals surface area contributed by atoms with Gasteiger partial charge in [0, 0.05) is 47.0 Å². The highest BCUT2D eigenvalue weighted by atomic mass is 32.2. The zero-order valence-electron chi connectivity index (χ0n) is 18.0. The molecule has 1 aliphatic rings. The Labute approximate surface area is 166 Å². The quantitative estimate of drug-likeness (QED) is 0.485. The third kappa shape index (κ3) is 9.98. The van der Waals surface area contributed by atoms with E-state index >= 15 is 0 Å². The lowest BCUT2D eigenvalue weighted by molar-refractivity contribution is 0.0490. The zero-order valence-corrected chi connectivity index (χ0v) is 18.8. The molecule has 0 aromatic carbocycles. The maximum Gasteiger partial charge on any atom is 0.407 e. The molecule has 3 N–H and O–H groups in total. The third-order valence-electron chi connectivity index (χ3n) is 4.28. The average Bonchev–Trinajstić information content (AvgIpc) is 2.52. The van der Waals surface area contributed by atoms with Gasteiger partial charge >= 0.3 is 6.09 Å². The smallest absolute Gasteiger partial charge is 0.407 e. The van der Waals surface area contributed by atoms with Gasteiger partial charge in [0.1, 0.15) is 5.60 Å². The summed E-state index contributed by atoms with van der Waals surface area (Å²) in [6.07, 6.45) is 3.37. The minimum absolute atomic E-state index is 0.155. The monoisotopic (exact) mass is 402 g/mol. The molecule has 7 nitrogen and oxygen atoms in total. The van der Waals surface area contributed by atoms with Crippen LogP contribution in [0, 0.1) is 0 Å². The van der Waals surface area contributed by atoms with Gasteiger partial charge in [0.25, 0.3) is 0 Å². The fourth-order valence-electron chi connectivity index (χ4n) is 2.81. The first-order chi connectivity index (χ1) is 12.4. The molecule has 0 aromatic heterocycles. The summed E-state index contributed by atoms with van der Waals surface area (Å²) in [5.74, 6) is 1.33. The standard InChI is InChI=1S/C19H38N4O3S/c1-18(2,3)26-17(24)23-15-10-8-14(9-11-15)22-16(20-7)21-12-13-27(25)19(4,5)6/h14-15H,8-13H2,1-7H3,(H,23,24)(H2,20,21,22). The van der Waals surface area contributed by atoms with E-state index in [1.165, 1.54) is 0 Å². The first-order valence-electron chi connectivity index (χ1n) is 9.76. The van der Waals surface area contributed by atoms with E-state index in [0.717, 1.165) is 31.6 Å². The Balaban J connectivity index is 2.32. The predicted octanol–water partition coefficient (Wildman–Crippen LogP) is 2.53. The van der Waals surface area contributed by atoms with Crippen molar-refractivity contribution in [3.05, 3.63) is 0 Å². The zero-order chi connectivity index (χ0) is 20.7. The van der Waals surface area contributed by atoms with Crippen LogP contribution in [-0.2, 0) is 15.5 Å². The van der Waals surface area contributed by atoms with Gasteiger partial charge in [-0.1, -0.05) is 0 Å². The number of aliphatic imine (C=N–C) groups is 1. The lowest BCUT2D eigenvalue weighted by Gasteiger charge is -2.31. The van der Waals surface area contributed by atoms with Crippen molar-refractivity contribution in [1.29, 1.82) is 0 Å². The van der Waals surface area contributed by atoms with Gasteiger partial charge in [-0.2, -0.15) is 0 Å². The number of ether oxygens (including phenoxy) is 1. The molecular weight excluding hydrogens is 364 g/mol. The molecule has 0 spiro atoms. The van der Waals surface area contributed by atoms with E-state index < -0.39 is 16.4 Å². The van der Waals surface area contributed by atoms with Gasteiger partial charge < -0.3 is 20.7 Å². The molecule has 0 heterocycles. The average molecular weight is 403 g/mol. The molecule has 1 rings (SSSR count). The van der Waals surface area contributed by atoms with E-state index in [1.807, 2.05) is 41.5 Å². The Kier molecular flexibility index (Phi) is 9.05. The molecule has 0 aliphatic heterocycles. The van der Waals surface area contributed by atoms with Gasteiger partial charge in [-0.3, -0.25) is 9.20 Å². The van der Waals surface area contributed by atoms with Gasteiger partial charge in [0.2, 0.25) is 0 Å². The highest BCUT2D eigenvalue weighted by Gasteiger charge is 2.25. The number of nitrogens with zero attached hydrogens (tertiary/aromatic N) is 1. The summed E-state index contributed by atoms with van der Waals surface area (Å²) in [6, 6.07) is 0.475. The Bertz CT molecular complexity index is 530. The van der Waals surface area contributed by atoms with E-state index in [1.54, 1.807) is 7.05 Å². The molecule has 1 saturated carbocycles. The van der Waals surface area contributed by atoms with E-state index in [-0.39, 0.29) is 16.9 Å². The van der Waals surface area contributed by atoms with Gasteiger partial charge in [-0.05, 0) is 67.2 Å². The second-order valence-electron chi connectivity index (χ2n) is 9.00. The van der Waals surface area contributed by atoms with Crippen molar-refractivity contribution >= 4 is 22.9 Å². The summed E-state index contributed by atoms with van der Waals surface area (Å²) >= 11 is 0. The number of guanidine groups is 1. The third-order valence-corrected chi connectivity index (χ3v) is 6.22. The molecule has 1 atom stereocenters. The van der Waals surface area contributed by atoms with Crippen molar-refractivity contribution in [3.8, 4) is 0 Å². The van der Waals surface area contributed by atoms with Crippen LogP contribution in [0.3, 0.4) is 0 Å². The number of carbonyl (C=O) groups excluding carboxylic acids is 1. The summed E-state index contributed by atoms with van der Waals surface area (Å²) in [6.45, 7) is 12.2. The summed E-state index contributed by atoms with van der Waals surface area (Å²) in [5, 5.41) is 9.63. The molecule has 0 saturated heterocycles. The maximum absolute atomic E-state index is 12.1. The van der Waals surface area contributed by atoms with Crippen LogP contribution in [0.15, 0.2) is 4.99 Å². The number of hydrogen-bond donors (Lipinski definition) is 3. The SMILES string of the molecule is CN=C(NCCS(=O)C(C)(C)C)NC1CCC(NC(=O)OC(C)(C)C)CC1. The Morgan fingerprint density at radius 1 is 1.04 bits per heavy atom. The van der Waals surface area contributed by atoms with Crippen LogP contribution in [0.5, 0.6) is 0 Å². The Hall–Kier alpha value is -1.31. The largest absolute Gasteiger partial charge is 0.444 e. The normalized spacial score (nSPS) is 22.7. The minimum Gasteiger partial charge on any atom is -0.444 e. The topological polar surface area (TPSA) is 91.8 Å². The first-order valence-corrected chi connectivity index (χ1v) is 11.1. The van der Waals surface area contributed by atoms with Crippen LogP contribution >= 0.6 is 0 Å². The van der Waals surface area contributed by atoms with Crippen molar-refractivity contribution in [3.63, 3.8) is 0 Å². The molecular formula is C19H38N4O3S. The molecule has 1 fully saturated rings. The molecule has 1 aliphatic carbocycles. The van der Waals surface area contributed by atoms with Gasteiger partial charge in [-0.25, -0.2) is 4.79 Å². The summed E-state index contributed by atoms with van der Waals surface area (Å²) < 4.78 is 17.2. The summed E-state index contributed by atoms with van der Waals surface area (Å²) in [4.78, 5) is 16.1. The van der Waals surface area contributed by atoms with Gasteiger partial charge in [0.15, 0.2) is 5.96 Å². The second kappa shape index (κ2) is 10.3. The van der Waals surface area contributed by atoms with Crippen LogP contribution in [0.4, 0.5) is 4.79 Å². The minimum atomic E-state index is -0.878. The number of amides is 1. The lowest BCUT2D eigenvalue weighted by Crippen LogP contribution is -2.48. The molecule has 0 radical (unpaired) electrons. The van der Waals surface area contributed by atoms with Crippen molar-refractivity contribution in [2.24, 2.45) is 4.99 Å². The molecule has 158 valence electrons. The van der Waals surface area contributed by atoms with Crippen LogP contribution in [0.25, 0.3) is 0 Å². The maximum atomic E-state index is 12.1. The van der Waals surface area contributed by atoms with Crippen LogP contribution in [0.2, 0.25) is 0 Å². The van der Waals surface area contributed by atoms with Crippen molar-refractivity contribution in [2.45, 2.75) is 89.7 Å². The van der Waals surface area contributed by atoms with Crippen LogP contribution in [-0.4, -0.2) is 58.0 Å². The molecule has 0 aromatic rings. The fourth-order valence-corrected chi connectivity index (χ4v) is 3.71. The van der Waals surface area contributed by atoms with Crippen molar-refractivity contribution in [1.82, 2.24) is 16.0 Å². The van der Waals surface area contributed by atoms with Gasteiger partial charge in [0.05, 0.1) is 0 Å². The van der Waals surface area contributed by atoms with E-state index in [0.29, 0.717) is 18.3 Å². The molecule has 1 amide bonds. The van der Waals surface area contributed by atoms with E-state index in [2.05, 4.69) is 20.9 Å². The molecule has 8 heteroatoms. The van der Waals surface area contributed by atoms with E-state index in [4.69, 9.17) is 4.74 Å².